The Morgan fingerprint density at radius 2 is 2.07 bits per heavy atom. The van der Waals surface area contributed by atoms with Crippen LogP contribution in [0.3, 0.4) is 0 Å². The summed E-state index contributed by atoms with van der Waals surface area (Å²) in [6, 6.07) is 11.8. The first-order valence-corrected chi connectivity index (χ1v) is 10.0. The van der Waals surface area contributed by atoms with Crippen LogP contribution in [-0.2, 0) is 6.54 Å². The molecule has 2 aromatic heterocycles. The second kappa shape index (κ2) is 8.43. The molecule has 1 atom stereocenters. The molecule has 0 spiro atoms. The fraction of sp³-hybridized carbons (Fsp3) is 0.364. The zero-order chi connectivity index (χ0) is 20.2. The first kappa shape index (κ1) is 19.1. The van der Waals surface area contributed by atoms with E-state index >= 15 is 0 Å². The van der Waals surface area contributed by atoms with E-state index in [-0.39, 0.29) is 12.0 Å². The van der Waals surface area contributed by atoms with Crippen molar-refractivity contribution in [3.63, 3.8) is 0 Å². The zero-order valence-corrected chi connectivity index (χ0v) is 16.7. The molecule has 3 aromatic rings. The van der Waals surface area contributed by atoms with Gasteiger partial charge in [0.1, 0.15) is 12.7 Å². The minimum atomic E-state index is 0.0178. The van der Waals surface area contributed by atoms with Gasteiger partial charge < -0.3 is 9.64 Å². The topological polar surface area (TPSA) is 73.1 Å². The van der Waals surface area contributed by atoms with Gasteiger partial charge in [-0.15, -0.1) is 0 Å². The third-order valence-electron chi connectivity index (χ3n) is 5.10. The maximum atomic E-state index is 13.2. The second-order valence-corrected chi connectivity index (χ2v) is 7.39. The van der Waals surface area contributed by atoms with Gasteiger partial charge in [0.05, 0.1) is 11.8 Å². The average Bonchev–Trinajstić information content (AvgIpc) is 3.45. The molecule has 1 saturated carbocycles. The highest BCUT2D eigenvalue weighted by atomic mass is 16.5. The molecule has 1 unspecified atom stereocenters. The number of aromatic nitrogens is 4. The average molecular weight is 391 g/mol. The molecule has 1 aromatic carbocycles. The lowest BCUT2D eigenvalue weighted by Gasteiger charge is -2.23. The third kappa shape index (κ3) is 4.62. The fourth-order valence-corrected chi connectivity index (χ4v) is 3.11. The molecule has 7 heteroatoms. The quantitative estimate of drug-likeness (QED) is 0.586. The Balaban J connectivity index is 1.49. The van der Waals surface area contributed by atoms with E-state index in [0.29, 0.717) is 24.0 Å². The van der Waals surface area contributed by atoms with Crippen molar-refractivity contribution < 1.29 is 9.53 Å². The van der Waals surface area contributed by atoms with Crippen LogP contribution in [0, 0.1) is 0 Å². The predicted octanol–water partition coefficient (Wildman–Crippen LogP) is 3.64. The van der Waals surface area contributed by atoms with Crippen molar-refractivity contribution in [1.82, 2.24) is 24.6 Å². The van der Waals surface area contributed by atoms with E-state index < -0.39 is 0 Å². The van der Waals surface area contributed by atoms with Gasteiger partial charge in [0.2, 0.25) is 5.88 Å². The van der Waals surface area contributed by atoms with Gasteiger partial charge in [-0.05, 0) is 49.9 Å². The van der Waals surface area contributed by atoms with Crippen LogP contribution in [0.1, 0.15) is 49.0 Å². The van der Waals surface area contributed by atoms with Crippen LogP contribution in [0.15, 0.2) is 55.2 Å². The Morgan fingerprint density at radius 3 is 2.72 bits per heavy atom. The molecule has 1 aliphatic rings. The maximum Gasteiger partial charge on any atom is 0.254 e. The number of benzene rings is 1. The molecule has 1 fully saturated rings. The van der Waals surface area contributed by atoms with Crippen molar-refractivity contribution >= 4 is 5.91 Å². The molecule has 0 bridgehead atoms. The lowest BCUT2D eigenvalue weighted by molar-refractivity contribution is 0.0728. The first-order valence-electron chi connectivity index (χ1n) is 10.0. The van der Waals surface area contributed by atoms with Crippen molar-refractivity contribution in [3.8, 4) is 11.6 Å². The summed E-state index contributed by atoms with van der Waals surface area (Å²) in [6.07, 6.45) is 7.86. The molecule has 150 valence electrons. The molecule has 29 heavy (non-hydrogen) atoms. The fourth-order valence-electron chi connectivity index (χ4n) is 3.11. The SMILES string of the molecule is CCC(C)Oc1cc(C(=O)N(Cc2ccc(-n3cncn3)cc2)C2CC2)ccn1. The zero-order valence-electron chi connectivity index (χ0n) is 16.7. The van der Waals surface area contributed by atoms with Crippen molar-refractivity contribution in [2.24, 2.45) is 0 Å². The van der Waals surface area contributed by atoms with Gasteiger partial charge in [-0.2, -0.15) is 5.10 Å². The van der Waals surface area contributed by atoms with Crippen LogP contribution in [-0.4, -0.2) is 42.7 Å². The van der Waals surface area contributed by atoms with E-state index in [1.807, 2.05) is 36.1 Å². The standard InChI is InChI=1S/C22H25N5O2/c1-3-16(2)29-21-12-18(10-11-24-21)22(28)26(19-8-9-19)13-17-4-6-20(7-5-17)27-15-23-14-25-27/h4-7,10-12,14-16,19H,3,8-9,13H2,1-2H3. The normalized spacial score (nSPS) is 14.4. The van der Waals surface area contributed by atoms with Gasteiger partial charge in [-0.3, -0.25) is 4.79 Å². The van der Waals surface area contributed by atoms with E-state index in [4.69, 9.17) is 4.74 Å². The molecule has 0 radical (unpaired) electrons. The third-order valence-corrected chi connectivity index (χ3v) is 5.10. The molecule has 2 heterocycles. The van der Waals surface area contributed by atoms with E-state index in [0.717, 1.165) is 30.5 Å². The monoisotopic (exact) mass is 391 g/mol. The van der Waals surface area contributed by atoms with Crippen LogP contribution >= 0.6 is 0 Å². The smallest absolute Gasteiger partial charge is 0.254 e. The Kier molecular flexibility index (Phi) is 5.55. The molecule has 0 N–H and O–H groups in total. The number of rotatable bonds is 8. The van der Waals surface area contributed by atoms with E-state index in [1.54, 1.807) is 29.3 Å². The number of amides is 1. The summed E-state index contributed by atoms with van der Waals surface area (Å²) in [5.74, 6) is 0.516. The molecule has 1 aliphatic carbocycles. The number of carbonyl (C=O) groups excluding carboxylic acids is 1. The van der Waals surface area contributed by atoms with E-state index in [9.17, 15) is 4.79 Å². The van der Waals surface area contributed by atoms with Gasteiger partial charge in [0.25, 0.3) is 5.91 Å². The second-order valence-electron chi connectivity index (χ2n) is 7.39. The summed E-state index contributed by atoms with van der Waals surface area (Å²) in [4.78, 5) is 23.4. The lowest BCUT2D eigenvalue weighted by Crippen LogP contribution is -2.32. The summed E-state index contributed by atoms with van der Waals surface area (Å²) in [5.41, 5.74) is 2.64. The van der Waals surface area contributed by atoms with Crippen LogP contribution in [0.4, 0.5) is 0 Å². The Hall–Kier alpha value is -3.22. The maximum absolute atomic E-state index is 13.2. The molecule has 1 amide bonds. The molecular formula is C22H25N5O2. The highest BCUT2D eigenvalue weighted by Crippen LogP contribution is 2.30. The number of ether oxygens (including phenoxy) is 1. The molecule has 0 saturated heterocycles. The number of carbonyl (C=O) groups is 1. The molecule has 0 aliphatic heterocycles. The van der Waals surface area contributed by atoms with Gasteiger partial charge in [0, 0.05) is 30.4 Å². The Labute approximate surface area is 170 Å². The van der Waals surface area contributed by atoms with Crippen molar-refractivity contribution in [1.29, 1.82) is 0 Å². The summed E-state index contributed by atoms with van der Waals surface area (Å²) in [5, 5.41) is 4.14. The highest BCUT2D eigenvalue weighted by Gasteiger charge is 2.33. The van der Waals surface area contributed by atoms with Gasteiger partial charge >= 0.3 is 0 Å². The van der Waals surface area contributed by atoms with Gasteiger partial charge in [-0.1, -0.05) is 19.1 Å². The summed E-state index contributed by atoms with van der Waals surface area (Å²) < 4.78 is 7.49. The van der Waals surface area contributed by atoms with Crippen molar-refractivity contribution in [2.75, 3.05) is 0 Å². The summed E-state index contributed by atoms with van der Waals surface area (Å²) in [7, 11) is 0. The number of hydrogen-bond acceptors (Lipinski definition) is 5. The van der Waals surface area contributed by atoms with Crippen LogP contribution in [0.2, 0.25) is 0 Å². The highest BCUT2D eigenvalue weighted by molar-refractivity contribution is 5.94. The minimum Gasteiger partial charge on any atom is -0.475 e. The summed E-state index contributed by atoms with van der Waals surface area (Å²) >= 11 is 0. The van der Waals surface area contributed by atoms with Gasteiger partial charge in [-0.25, -0.2) is 14.6 Å². The Morgan fingerprint density at radius 1 is 1.28 bits per heavy atom. The summed E-state index contributed by atoms with van der Waals surface area (Å²) in [6.45, 7) is 4.63. The van der Waals surface area contributed by atoms with Crippen molar-refractivity contribution in [2.45, 2.75) is 51.8 Å². The Bertz CT molecular complexity index is 952. The largest absolute Gasteiger partial charge is 0.475 e. The number of pyridine rings is 1. The number of nitrogens with zero attached hydrogens (tertiary/aromatic N) is 5. The van der Waals surface area contributed by atoms with Crippen LogP contribution in [0.5, 0.6) is 5.88 Å². The van der Waals surface area contributed by atoms with E-state index in [1.165, 1.54) is 6.33 Å². The van der Waals surface area contributed by atoms with Crippen molar-refractivity contribution in [3.05, 3.63) is 66.4 Å². The predicted molar refractivity (Wildman–Crippen MR) is 109 cm³/mol. The first-order chi connectivity index (χ1) is 14.1. The number of hydrogen-bond donors (Lipinski definition) is 0. The molecule has 7 nitrogen and oxygen atoms in total. The van der Waals surface area contributed by atoms with Gasteiger partial charge in [0.15, 0.2) is 0 Å². The van der Waals surface area contributed by atoms with Crippen LogP contribution < -0.4 is 4.74 Å². The molecule has 4 rings (SSSR count). The minimum absolute atomic E-state index is 0.0178. The molecular weight excluding hydrogens is 366 g/mol. The van der Waals surface area contributed by atoms with E-state index in [2.05, 4.69) is 22.0 Å². The lowest BCUT2D eigenvalue weighted by atomic mass is 10.1. The van der Waals surface area contributed by atoms with Crippen LogP contribution in [0.25, 0.3) is 5.69 Å².